The molecular formula is C49H76ClN5O12S. The van der Waals surface area contributed by atoms with Crippen LogP contribution in [0.5, 0.6) is 0 Å². The van der Waals surface area contributed by atoms with Gasteiger partial charge in [0.05, 0.1) is 42.6 Å². The highest BCUT2D eigenvalue weighted by Gasteiger charge is 2.64. The van der Waals surface area contributed by atoms with E-state index in [2.05, 4.69) is 37.6 Å². The topological polar surface area (TPSA) is 232 Å². The summed E-state index contributed by atoms with van der Waals surface area (Å²) in [6.07, 6.45) is -0.809. The Bertz CT molecular complexity index is 1990. The van der Waals surface area contributed by atoms with E-state index < -0.39 is 70.7 Å². The highest BCUT2D eigenvalue weighted by atomic mass is 35.5. The van der Waals surface area contributed by atoms with Crippen molar-refractivity contribution in [3.63, 3.8) is 0 Å². The predicted molar refractivity (Wildman–Crippen MR) is 263 cm³/mol. The highest BCUT2D eigenvalue weighted by molar-refractivity contribution is 8.01. The minimum atomic E-state index is -1.69. The first-order chi connectivity index (χ1) is 31.6. The molecule has 0 aromatic heterocycles. The first-order valence-electron chi connectivity index (χ1n) is 22.9. The van der Waals surface area contributed by atoms with Gasteiger partial charge in [0.15, 0.2) is 0 Å². The van der Waals surface area contributed by atoms with Crippen LogP contribution in [0.15, 0.2) is 59.9 Å². The number of hydrogen-bond donors (Lipinski definition) is 5. The summed E-state index contributed by atoms with van der Waals surface area (Å²) in [5, 5.41) is 28.8. The number of nitrogens with zero attached hydrogens (tertiary/aromatic N) is 2. The fourth-order valence-electron chi connectivity index (χ4n) is 8.19. The molecule has 0 saturated carbocycles. The summed E-state index contributed by atoms with van der Waals surface area (Å²) in [6, 6.07) is 5.21. The summed E-state index contributed by atoms with van der Waals surface area (Å²) in [5.74, 6) is -1.67. The largest absolute Gasteiger partial charge is 0.495 e. The van der Waals surface area contributed by atoms with E-state index in [0.29, 0.717) is 42.7 Å². The van der Waals surface area contributed by atoms with Gasteiger partial charge in [-0.25, -0.2) is 10.1 Å². The zero-order valence-corrected chi connectivity index (χ0v) is 43.5. The van der Waals surface area contributed by atoms with Gasteiger partial charge in [-0.15, -0.1) is 11.8 Å². The number of hydrogen-bond acceptors (Lipinski definition) is 14. The zero-order chi connectivity index (χ0) is 51.5. The minimum Gasteiger partial charge on any atom is -0.495 e. The maximum absolute atomic E-state index is 13.8. The van der Waals surface area contributed by atoms with Crippen molar-refractivity contribution in [2.75, 3.05) is 46.4 Å². The van der Waals surface area contributed by atoms with Crippen molar-refractivity contribution in [3.8, 4) is 0 Å². The van der Waals surface area contributed by atoms with Crippen LogP contribution >= 0.6 is 23.4 Å². The van der Waals surface area contributed by atoms with E-state index in [1.54, 1.807) is 46.2 Å². The van der Waals surface area contributed by atoms with Gasteiger partial charge in [0.2, 0.25) is 30.0 Å². The Hall–Kier alpha value is -4.01. The molecule has 382 valence electrons. The number of carbonyl (C=O) groups excluding carboxylic acids is 5. The Morgan fingerprint density at radius 3 is 2.22 bits per heavy atom. The molecule has 4 amide bonds. The number of nitrogens with one attached hydrogen (secondary N) is 2. The molecule has 2 saturated heterocycles. The third-order valence-corrected chi connectivity index (χ3v) is 14.9. The lowest BCUT2D eigenvalue weighted by atomic mass is 9.81. The van der Waals surface area contributed by atoms with E-state index in [-0.39, 0.29) is 59.6 Å². The number of anilines is 1. The van der Waals surface area contributed by atoms with Crippen molar-refractivity contribution in [2.24, 2.45) is 23.5 Å². The molecule has 3 rings (SSSR count). The van der Waals surface area contributed by atoms with E-state index >= 15 is 0 Å². The molecule has 0 bridgehead atoms. The second kappa shape index (κ2) is 25.2. The van der Waals surface area contributed by atoms with Crippen LogP contribution in [0.3, 0.4) is 0 Å². The van der Waals surface area contributed by atoms with Gasteiger partial charge in [0, 0.05) is 63.0 Å². The Balaban J connectivity index is 1.63. The van der Waals surface area contributed by atoms with Gasteiger partial charge in [0.25, 0.3) is 0 Å². The van der Waals surface area contributed by atoms with Crippen molar-refractivity contribution >= 4 is 58.6 Å². The summed E-state index contributed by atoms with van der Waals surface area (Å²) in [5.41, 5.74) is 4.12. The molecule has 0 aliphatic carbocycles. The van der Waals surface area contributed by atoms with Gasteiger partial charge in [-0.1, -0.05) is 65.0 Å². The number of carbonyl (C=O) groups is 5. The second-order valence-electron chi connectivity index (χ2n) is 19.3. The second-order valence-corrected chi connectivity index (χ2v) is 21.4. The molecule has 11 atom stereocenters. The molecule has 19 heteroatoms. The number of epoxide rings is 1. The van der Waals surface area contributed by atoms with Crippen LogP contribution in [0, 0.1) is 17.8 Å². The van der Waals surface area contributed by atoms with Crippen LogP contribution < -0.4 is 16.4 Å². The lowest BCUT2D eigenvalue weighted by Crippen LogP contribution is -2.65. The van der Waals surface area contributed by atoms with Crippen molar-refractivity contribution in [2.45, 2.75) is 146 Å². The highest BCUT2D eigenvalue weighted by Crippen LogP contribution is 2.49. The van der Waals surface area contributed by atoms with Crippen molar-refractivity contribution in [1.82, 2.24) is 15.1 Å². The fourth-order valence-corrected chi connectivity index (χ4v) is 9.16. The van der Waals surface area contributed by atoms with Gasteiger partial charge >= 0.3 is 5.97 Å². The van der Waals surface area contributed by atoms with Crippen LogP contribution in [-0.4, -0.2) is 144 Å². The van der Waals surface area contributed by atoms with E-state index in [4.69, 9.17) is 41.0 Å². The van der Waals surface area contributed by atoms with E-state index in [9.17, 15) is 34.2 Å². The first kappa shape index (κ1) is 58.3. The smallest absolute Gasteiger partial charge is 0.328 e. The van der Waals surface area contributed by atoms with Gasteiger partial charge in [0.1, 0.15) is 29.2 Å². The van der Waals surface area contributed by atoms with Gasteiger partial charge in [-0.2, -0.15) is 0 Å². The molecule has 2 fully saturated rings. The van der Waals surface area contributed by atoms with Crippen LogP contribution in [0.1, 0.15) is 104 Å². The van der Waals surface area contributed by atoms with Gasteiger partial charge in [-0.3, -0.25) is 19.2 Å². The number of ether oxygens (including phenoxy) is 5. The van der Waals surface area contributed by atoms with E-state index in [1.807, 2.05) is 20.8 Å². The Morgan fingerprint density at radius 2 is 1.66 bits per heavy atom. The average molecular weight is 995 g/mol. The maximum atomic E-state index is 13.8. The Labute approximate surface area is 411 Å². The third kappa shape index (κ3) is 16.6. The number of rotatable bonds is 27. The molecule has 0 spiro atoms. The summed E-state index contributed by atoms with van der Waals surface area (Å²) in [4.78, 5) is 67.1. The predicted octanol–water partition coefficient (Wildman–Crippen LogP) is 5.69. The van der Waals surface area contributed by atoms with Gasteiger partial charge < -0.3 is 54.7 Å². The average Bonchev–Trinajstić information content (AvgIpc) is 3.97. The number of aliphatic hydroxyl groups is 2. The molecule has 2 aliphatic rings. The number of allylic oxidation sites excluding steroid dienone is 3. The first-order valence-corrected chi connectivity index (χ1v) is 24.3. The number of esters is 1. The molecular weight excluding hydrogens is 918 g/mol. The summed E-state index contributed by atoms with van der Waals surface area (Å²) < 4.78 is 28.9. The maximum Gasteiger partial charge on any atom is 0.328 e. The zero-order valence-electron chi connectivity index (χ0n) is 41.9. The molecule has 0 radical (unpaired) electrons. The van der Waals surface area contributed by atoms with Crippen molar-refractivity contribution in [1.29, 1.82) is 0 Å². The number of aliphatic hydroxyl groups excluding tert-OH is 1. The molecule has 6 N–H and O–H groups in total. The number of methoxy groups -OCH3 is 2. The van der Waals surface area contributed by atoms with Crippen LogP contribution in [0.4, 0.5) is 5.69 Å². The van der Waals surface area contributed by atoms with Crippen molar-refractivity contribution < 1.29 is 57.9 Å². The molecule has 3 unspecified atom stereocenters. The molecule has 2 aliphatic heterocycles. The fraction of sp³-hybridized carbons (Fsp3) is 0.653. The number of thioether (sulfide) groups is 1. The number of benzene rings is 1. The van der Waals surface area contributed by atoms with E-state index in [0.717, 1.165) is 5.57 Å². The van der Waals surface area contributed by atoms with Crippen LogP contribution in [-0.2, 0) is 42.9 Å². The number of halogens is 1. The Kier molecular flexibility index (Phi) is 21.6. The number of primary amides is 1. The SMILES string of the molecule is C=C(/C=C(/OC)C(=C)Cl)CC(C)[C@@H](C)CC[C@@H](OC)[C@@]1(O)CC([C@@H](C)[C@@H]2O[C@@]2(C)[C@H](CC(=O)N(C)C)OC(=O)[C@H](C)N(C)C(=O)CCC(C)(C)SCC(=O)Nc2ccc(C(N)=O)cc2)OC(O)N1. The molecule has 1 aromatic carbocycles. The number of nitrogens with two attached hydrogens (primary N) is 1. The summed E-state index contributed by atoms with van der Waals surface area (Å²) >= 11 is 7.40. The standard InChI is InChI=1S/C49H76ClN5O12S/c1-28(24-36(63-13)32(5)50)23-30(3)29(2)15-20-38(64-14)49(62)26-37(65-46(61)53-49)31(4)43-48(9,67-43)39(25-42(58)54(10)11)66-45(60)33(6)55(12)41(57)21-22-47(7,8)68-27-40(56)52-35-18-16-34(17-19-35)44(51)59/h16-19,24,29-31,33,37-39,43,46,53,61-62H,1,5,15,20-23,25-27H2,2-4,6-14H3,(H2,51,59)(H,52,56)/b36-24+/t29-,30?,31+,33-,37?,38+,39-,43-,46?,48-,49-/m0/s1. The van der Waals surface area contributed by atoms with Crippen molar-refractivity contribution in [3.05, 3.63) is 65.4 Å². The van der Waals surface area contributed by atoms with E-state index in [1.165, 1.54) is 55.0 Å². The lowest BCUT2D eigenvalue weighted by Gasteiger charge is -2.45. The van der Waals surface area contributed by atoms with Gasteiger partial charge in [-0.05, 0) is 81.7 Å². The Morgan fingerprint density at radius 1 is 1.03 bits per heavy atom. The molecule has 68 heavy (non-hydrogen) atoms. The summed E-state index contributed by atoms with van der Waals surface area (Å²) in [6.45, 7) is 21.1. The molecule has 1 aromatic rings. The lowest BCUT2D eigenvalue weighted by molar-refractivity contribution is -0.277. The third-order valence-electron chi connectivity index (χ3n) is 13.3. The minimum absolute atomic E-state index is 0.0227. The number of amides is 4. The monoisotopic (exact) mass is 993 g/mol. The summed E-state index contributed by atoms with van der Waals surface area (Å²) in [7, 11) is 7.72. The van der Waals surface area contributed by atoms with Crippen LogP contribution in [0.2, 0.25) is 0 Å². The quantitative estimate of drug-likeness (QED) is 0.0309. The molecule has 17 nitrogen and oxygen atoms in total. The normalized spacial score (nSPS) is 24.3. The number of likely N-dealkylation sites (N-methyl/N-ethyl adjacent to an activating group) is 1. The van der Waals surface area contributed by atoms with Crippen LogP contribution in [0.25, 0.3) is 0 Å². The molecule has 2 heterocycles.